The molecule has 0 aromatic heterocycles. The highest BCUT2D eigenvalue weighted by atomic mass is 15.2. The third kappa shape index (κ3) is 71.4. The molecule has 0 radical (unpaired) electrons. The van der Waals surface area contributed by atoms with Crippen molar-refractivity contribution in [3.63, 3.8) is 0 Å². The van der Waals surface area contributed by atoms with E-state index in [0.717, 1.165) is 12.1 Å². The Morgan fingerprint density at radius 2 is 0.209 bits per heavy atom. The van der Waals surface area contributed by atoms with Gasteiger partial charge in [-0.3, -0.25) is 0 Å². The van der Waals surface area contributed by atoms with Crippen molar-refractivity contribution in [2.24, 2.45) is 0 Å². The van der Waals surface area contributed by atoms with Crippen LogP contribution in [0.25, 0.3) is 0 Å². The number of hydrogen-bond acceptors (Lipinski definition) is 1. The molecule has 0 bridgehead atoms. The van der Waals surface area contributed by atoms with Crippen molar-refractivity contribution < 1.29 is 0 Å². The van der Waals surface area contributed by atoms with Gasteiger partial charge in [-0.15, -0.1) is 0 Å². The van der Waals surface area contributed by atoms with Crippen LogP contribution >= 0.6 is 0 Å². The Kier molecular flexibility index (Phi) is 79.2. The van der Waals surface area contributed by atoms with Crippen LogP contribution in [0.5, 0.6) is 0 Å². The third-order valence-electron chi connectivity index (χ3n) is 21.2. The fourth-order valence-corrected chi connectivity index (χ4v) is 14.9. The Morgan fingerprint density at radius 3 is 0.302 bits per heavy atom. The van der Waals surface area contributed by atoms with Gasteiger partial charge < -0.3 is 4.90 Å². The van der Waals surface area contributed by atoms with E-state index in [2.05, 4.69) is 39.6 Å². The van der Waals surface area contributed by atoms with Crippen LogP contribution in [-0.4, -0.2) is 24.0 Å². The highest BCUT2D eigenvalue weighted by molar-refractivity contribution is 4.78. The first-order chi connectivity index (χ1) is 42.7. The molecule has 0 aliphatic heterocycles. The Balaban J connectivity index is 5.01. The monoisotopic (exact) mass is 1210 g/mol. The van der Waals surface area contributed by atoms with Crippen molar-refractivity contribution in [1.82, 2.24) is 4.90 Å². The molecule has 0 saturated carbocycles. The van der Waals surface area contributed by atoms with Crippen LogP contribution in [0.15, 0.2) is 0 Å². The second-order valence-electron chi connectivity index (χ2n) is 29.9. The fraction of sp³-hybridized carbons (Fsp3) is 1.00. The second kappa shape index (κ2) is 79.2. The molecule has 86 heavy (non-hydrogen) atoms. The van der Waals surface area contributed by atoms with E-state index in [4.69, 9.17) is 0 Å². The van der Waals surface area contributed by atoms with Gasteiger partial charge in [-0.1, -0.05) is 503 Å². The van der Waals surface area contributed by atoms with Crippen molar-refractivity contribution in [2.45, 2.75) is 541 Å². The molecule has 1 heteroatoms. The van der Waals surface area contributed by atoms with Crippen molar-refractivity contribution >= 4 is 0 Å². The van der Waals surface area contributed by atoms with Gasteiger partial charge in [0.2, 0.25) is 0 Å². The predicted molar refractivity (Wildman–Crippen MR) is 398 cm³/mol. The summed E-state index contributed by atoms with van der Waals surface area (Å²) in [7, 11) is 2.63. The van der Waals surface area contributed by atoms with Gasteiger partial charge in [0.1, 0.15) is 0 Å². The van der Waals surface area contributed by atoms with Crippen LogP contribution in [0.1, 0.15) is 529 Å². The van der Waals surface area contributed by atoms with Gasteiger partial charge in [0.25, 0.3) is 0 Å². The van der Waals surface area contributed by atoms with Gasteiger partial charge in [0, 0.05) is 12.1 Å². The summed E-state index contributed by atoms with van der Waals surface area (Å²) in [6.07, 6.45) is 115. The molecular weight excluding hydrogens is 1030 g/mol. The lowest BCUT2D eigenvalue weighted by Crippen LogP contribution is -2.40. The topological polar surface area (TPSA) is 3.24 Å². The third-order valence-corrected chi connectivity index (χ3v) is 21.2. The van der Waals surface area contributed by atoms with Gasteiger partial charge >= 0.3 is 0 Å². The summed E-state index contributed by atoms with van der Waals surface area (Å²) in [5.41, 5.74) is 0. The first kappa shape index (κ1) is 86.0. The molecule has 0 N–H and O–H groups in total. The van der Waals surface area contributed by atoms with E-state index in [9.17, 15) is 0 Å². The minimum absolute atomic E-state index is 0.808. The van der Waals surface area contributed by atoms with Crippen LogP contribution in [0.4, 0.5) is 0 Å². The van der Waals surface area contributed by atoms with Crippen LogP contribution in [0.3, 0.4) is 0 Å². The number of unbranched alkanes of at least 4 members (excludes halogenated alkanes) is 70. The number of hydrogen-bond donors (Lipinski definition) is 0. The highest BCUT2D eigenvalue weighted by Crippen LogP contribution is 2.27. The second-order valence-corrected chi connectivity index (χ2v) is 29.9. The molecule has 0 aromatic carbocycles. The molecule has 0 heterocycles. The van der Waals surface area contributed by atoms with E-state index in [0.29, 0.717) is 0 Å². The van der Waals surface area contributed by atoms with E-state index in [1.54, 1.807) is 0 Å². The van der Waals surface area contributed by atoms with Crippen molar-refractivity contribution in [3.05, 3.63) is 0 Å². The van der Waals surface area contributed by atoms with Gasteiger partial charge in [0.05, 0.1) is 0 Å². The Labute approximate surface area is 549 Å². The van der Waals surface area contributed by atoms with Gasteiger partial charge in [-0.25, -0.2) is 0 Å². The van der Waals surface area contributed by atoms with E-state index >= 15 is 0 Å². The van der Waals surface area contributed by atoms with E-state index < -0.39 is 0 Å². The molecule has 2 atom stereocenters. The van der Waals surface area contributed by atoms with Crippen LogP contribution in [0, 0.1) is 0 Å². The summed E-state index contributed by atoms with van der Waals surface area (Å²) in [6, 6.07) is 1.62. The van der Waals surface area contributed by atoms with E-state index in [-0.39, 0.29) is 0 Å². The zero-order valence-electron chi connectivity index (χ0n) is 61.8. The number of nitrogens with zero attached hydrogens (tertiary/aromatic N) is 1. The zero-order chi connectivity index (χ0) is 61.9. The van der Waals surface area contributed by atoms with Gasteiger partial charge in [0.15, 0.2) is 0 Å². The van der Waals surface area contributed by atoms with Crippen molar-refractivity contribution in [3.8, 4) is 0 Å². The molecule has 0 spiro atoms. The summed E-state index contributed by atoms with van der Waals surface area (Å²) in [4.78, 5) is 3.03. The molecule has 0 aromatic rings. The summed E-state index contributed by atoms with van der Waals surface area (Å²) in [6.45, 7) is 9.32. The average molecular weight is 1210 g/mol. The molecule has 518 valence electrons. The average Bonchev–Trinajstić information content (AvgIpc) is 3.56. The van der Waals surface area contributed by atoms with Crippen LogP contribution in [-0.2, 0) is 0 Å². The minimum Gasteiger partial charge on any atom is -0.300 e. The molecule has 2 unspecified atom stereocenters. The summed E-state index contributed by atoms with van der Waals surface area (Å²) >= 11 is 0. The van der Waals surface area contributed by atoms with Crippen molar-refractivity contribution in [2.75, 3.05) is 7.05 Å². The molecule has 0 aliphatic rings. The largest absolute Gasteiger partial charge is 0.300 e. The van der Waals surface area contributed by atoms with Gasteiger partial charge in [-0.2, -0.15) is 0 Å². The smallest absolute Gasteiger partial charge is 0.00951 e. The van der Waals surface area contributed by atoms with Gasteiger partial charge in [-0.05, 0) is 32.7 Å². The summed E-state index contributed by atoms with van der Waals surface area (Å²) in [5, 5.41) is 0. The van der Waals surface area contributed by atoms with Crippen LogP contribution in [0.2, 0.25) is 0 Å². The lowest BCUT2D eigenvalue weighted by atomic mass is 9.94. The lowest BCUT2D eigenvalue weighted by molar-refractivity contribution is 0.131. The SMILES string of the molecule is CCCCCCCCCCCCCCCCCCCCCC(CCCCCCCCCCCCCCCCCCCC)N(C)C(CCCCCCCCCCCCCCCCCCCC)CCCCCCCCCCCCCCCCCCCCC. The van der Waals surface area contributed by atoms with E-state index in [1.165, 1.54) is 501 Å². The standard InChI is InChI=1S/C85H173N/c1-6-10-14-18-22-26-30-34-38-42-46-50-54-58-62-66-70-74-78-82-84(80-76-72-68-64-60-56-52-48-44-40-36-32-28-24-20-16-12-8-3)86(5)85(81-77-73-69-65-61-57-53-49-45-41-37-33-29-25-21-17-13-9-4)83-79-75-71-67-63-59-55-51-47-43-39-35-31-27-23-19-15-11-7-2/h84-85H,6-83H2,1-5H3. The first-order valence-electron chi connectivity index (χ1n) is 42.4. The maximum atomic E-state index is 3.03. The normalized spacial score (nSPS) is 12.6. The summed E-state index contributed by atoms with van der Waals surface area (Å²) < 4.78 is 0. The van der Waals surface area contributed by atoms with E-state index in [1.807, 2.05) is 0 Å². The molecule has 0 rings (SSSR count). The zero-order valence-corrected chi connectivity index (χ0v) is 61.8. The highest BCUT2D eigenvalue weighted by Gasteiger charge is 2.22. The fourth-order valence-electron chi connectivity index (χ4n) is 14.9. The Bertz CT molecular complexity index is 1040. The maximum absolute atomic E-state index is 3.03. The predicted octanol–water partition coefficient (Wildman–Crippen LogP) is 32.2. The molecule has 0 saturated heterocycles. The maximum Gasteiger partial charge on any atom is 0.00951 e. The summed E-state index contributed by atoms with van der Waals surface area (Å²) in [5.74, 6) is 0. The molecule has 0 fully saturated rings. The molecular formula is C85H173N. The van der Waals surface area contributed by atoms with Crippen LogP contribution < -0.4 is 0 Å². The first-order valence-corrected chi connectivity index (χ1v) is 42.4. The minimum atomic E-state index is 0.808. The molecule has 0 amide bonds. The Hall–Kier alpha value is -0.0400. The quantitative estimate of drug-likeness (QED) is 0.0549. The van der Waals surface area contributed by atoms with Crippen molar-refractivity contribution in [1.29, 1.82) is 0 Å². The lowest BCUT2D eigenvalue weighted by Gasteiger charge is -2.36. The molecule has 0 aliphatic carbocycles. The number of rotatable bonds is 80. The Morgan fingerprint density at radius 1 is 0.128 bits per heavy atom. The molecule has 1 nitrogen and oxygen atoms in total.